The summed E-state index contributed by atoms with van der Waals surface area (Å²) < 4.78 is 33.6. The lowest BCUT2D eigenvalue weighted by Crippen LogP contribution is -2.18. The lowest BCUT2D eigenvalue weighted by molar-refractivity contribution is 0.0519. The van der Waals surface area contributed by atoms with Crippen LogP contribution in [-0.4, -0.2) is 27.7 Å². The van der Waals surface area contributed by atoms with E-state index in [9.17, 15) is 8.42 Å². The van der Waals surface area contributed by atoms with E-state index in [0.29, 0.717) is 0 Å². The van der Waals surface area contributed by atoms with Gasteiger partial charge in [0.15, 0.2) is 0 Å². The fraction of sp³-hybridized carbons (Fsp3) is 1.00. The monoisotopic (exact) mass is 199 g/mol. The minimum atomic E-state index is -4.02. The molecule has 2 N–H and O–H groups in total. The Morgan fingerprint density at radius 1 is 1.33 bits per heavy atom. The lowest BCUT2D eigenvalue weighted by Gasteiger charge is -2.06. The summed E-state index contributed by atoms with van der Waals surface area (Å²) in [4.78, 5) is 0. The van der Waals surface area contributed by atoms with E-state index in [1.165, 1.54) is 0 Å². The van der Waals surface area contributed by atoms with Crippen LogP contribution in [0.2, 0.25) is 0 Å². The van der Waals surface area contributed by atoms with Crippen LogP contribution in [0.5, 0.6) is 0 Å². The topological polar surface area (TPSA) is 87.8 Å². The molecule has 0 amide bonds. The van der Waals surface area contributed by atoms with Crippen LogP contribution in [0, 0.1) is 0 Å². The van der Waals surface area contributed by atoms with Gasteiger partial charge in [-0.2, -0.15) is 18.6 Å². The fourth-order valence-electron chi connectivity index (χ4n) is 0.448. The van der Waals surface area contributed by atoms with E-state index < -0.39 is 10.4 Å². The van der Waals surface area contributed by atoms with Crippen molar-refractivity contribution in [2.45, 2.75) is 20.0 Å². The summed E-state index contributed by atoms with van der Waals surface area (Å²) in [5, 5.41) is 0. The molecule has 0 rings (SSSR count). The van der Waals surface area contributed by atoms with Gasteiger partial charge in [0.05, 0.1) is 19.3 Å². The smallest absolute Gasteiger partial charge is 0.376 e. The maximum absolute atomic E-state index is 10.4. The summed E-state index contributed by atoms with van der Waals surface area (Å²) in [6, 6.07) is 0. The first-order valence-corrected chi connectivity index (χ1v) is 4.70. The first-order chi connectivity index (χ1) is 5.48. The molecule has 74 valence electrons. The molecule has 0 aliphatic rings. The van der Waals surface area contributed by atoms with Crippen molar-refractivity contribution < 1.29 is 21.6 Å². The van der Waals surface area contributed by atoms with Gasteiger partial charge in [0, 0.05) is 0 Å². The van der Waals surface area contributed by atoms with Gasteiger partial charge < -0.3 is 4.74 Å². The van der Waals surface area contributed by atoms with E-state index in [1.807, 2.05) is 13.8 Å². The van der Waals surface area contributed by atoms with Crippen molar-refractivity contribution in [1.29, 1.82) is 0 Å². The third-order valence-electron chi connectivity index (χ3n) is 0.880. The van der Waals surface area contributed by atoms with Crippen LogP contribution in [0.25, 0.3) is 0 Å². The molecule has 6 nitrogen and oxygen atoms in total. The normalized spacial score (nSPS) is 12.3. The van der Waals surface area contributed by atoms with Crippen molar-refractivity contribution in [2.75, 3.05) is 13.2 Å². The van der Waals surface area contributed by atoms with Gasteiger partial charge in [0.1, 0.15) is 0 Å². The average Bonchev–Trinajstić information content (AvgIpc) is 1.98. The largest absolute Gasteiger partial charge is 0.415 e. The Kier molecular flexibility index (Phi) is 5.34. The summed E-state index contributed by atoms with van der Waals surface area (Å²) >= 11 is 0. The molecule has 0 fully saturated rings. The molecule has 0 unspecified atom stereocenters. The number of ether oxygens (including phenoxy) is 1. The van der Waals surface area contributed by atoms with Crippen LogP contribution >= 0.6 is 0 Å². The third-order valence-corrected chi connectivity index (χ3v) is 1.57. The predicted molar refractivity (Wildman–Crippen MR) is 41.2 cm³/mol. The molecule has 0 aromatic heterocycles. The van der Waals surface area contributed by atoms with E-state index in [1.54, 1.807) is 0 Å². The maximum Gasteiger partial charge on any atom is 0.415 e. The molecular weight excluding hydrogens is 186 g/mol. The van der Waals surface area contributed by atoms with Gasteiger partial charge in [0.2, 0.25) is 0 Å². The highest BCUT2D eigenvalue weighted by Gasteiger charge is 2.08. The summed E-state index contributed by atoms with van der Waals surface area (Å²) in [6.45, 7) is 3.74. The Bertz CT molecular complexity index is 200. The SMILES string of the molecule is CC(C)OCCOS(=O)(=O)ON. The van der Waals surface area contributed by atoms with E-state index in [-0.39, 0.29) is 19.3 Å². The Hall–Kier alpha value is -0.210. The molecule has 0 aliphatic carbocycles. The van der Waals surface area contributed by atoms with Crippen molar-refractivity contribution in [3.8, 4) is 0 Å². The van der Waals surface area contributed by atoms with Gasteiger partial charge >= 0.3 is 10.4 Å². The minimum absolute atomic E-state index is 0.0371. The van der Waals surface area contributed by atoms with Crippen LogP contribution in [0.4, 0.5) is 0 Å². The molecule has 0 saturated carbocycles. The van der Waals surface area contributed by atoms with Crippen molar-refractivity contribution in [1.82, 2.24) is 0 Å². The molecule has 0 aromatic carbocycles. The number of hydrogen-bond donors (Lipinski definition) is 1. The van der Waals surface area contributed by atoms with Crippen molar-refractivity contribution >= 4 is 10.4 Å². The zero-order chi connectivity index (χ0) is 9.61. The Balaban J connectivity index is 3.45. The van der Waals surface area contributed by atoms with E-state index in [2.05, 4.69) is 14.4 Å². The quantitative estimate of drug-likeness (QED) is 0.461. The molecule has 12 heavy (non-hydrogen) atoms. The molecule has 0 saturated heterocycles. The highest BCUT2D eigenvalue weighted by atomic mass is 32.3. The van der Waals surface area contributed by atoms with E-state index >= 15 is 0 Å². The molecular formula is C5H13NO5S. The van der Waals surface area contributed by atoms with Crippen molar-refractivity contribution in [2.24, 2.45) is 5.90 Å². The van der Waals surface area contributed by atoms with Crippen LogP contribution < -0.4 is 5.90 Å². The molecule has 0 aromatic rings. The molecule has 7 heteroatoms. The Morgan fingerprint density at radius 2 is 1.92 bits per heavy atom. The first-order valence-electron chi connectivity index (χ1n) is 3.37. The molecule has 0 radical (unpaired) electrons. The maximum atomic E-state index is 10.4. The molecule has 0 aliphatic heterocycles. The standard InChI is InChI=1S/C5H13NO5S/c1-5(2)9-3-4-10-12(7,8)11-6/h5H,3-4,6H2,1-2H3. The van der Waals surface area contributed by atoms with Gasteiger partial charge in [0.25, 0.3) is 0 Å². The number of nitrogens with two attached hydrogens (primary N) is 1. The molecule has 0 atom stereocenters. The van der Waals surface area contributed by atoms with Gasteiger partial charge in [-0.25, -0.2) is 4.18 Å². The zero-order valence-corrected chi connectivity index (χ0v) is 7.83. The van der Waals surface area contributed by atoms with Crippen LogP contribution in [0.3, 0.4) is 0 Å². The molecule has 0 bridgehead atoms. The van der Waals surface area contributed by atoms with Crippen LogP contribution in [-0.2, 0) is 23.6 Å². The minimum Gasteiger partial charge on any atom is -0.376 e. The second-order valence-electron chi connectivity index (χ2n) is 2.25. The van der Waals surface area contributed by atoms with Crippen molar-refractivity contribution in [3.05, 3.63) is 0 Å². The second-order valence-corrected chi connectivity index (χ2v) is 3.49. The average molecular weight is 199 g/mol. The van der Waals surface area contributed by atoms with Gasteiger partial charge in [-0.05, 0) is 13.8 Å². The van der Waals surface area contributed by atoms with Crippen molar-refractivity contribution in [3.63, 3.8) is 0 Å². The highest BCUT2D eigenvalue weighted by molar-refractivity contribution is 7.81. The van der Waals surface area contributed by atoms with Gasteiger partial charge in [-0.15, -0.1) is 0 Å². The van der Waals surface area contributed by atoms with Gasteiger partial charge in [-0.3, -0.25) is 0 Å². The predicted octanol–water partition coefficient (Wildman–Crippen LogP) is -0.437. The first kappa shape index (κ1) is 11.8. The van der Waals surface area contributed by atoms with E-state index in [4.69, 9.17) is 4.74 Å². The summed E-state index contributed by atoms with van der Waals surface area (Å²) in [6.07, 6.45) is 0.0371. The Labute approximate surface area is 71.9 Å². The number of hydrogen-bond acceptors (Lipinski definition) is 6. The summed E-state index contributed by atoms with van der Waals surface area (Å²) in [7, 11) is -4.02. The third kappa shape index (κ3) is 6.50. The molecule has 0 spiro atoms. The van der Waals surface area contributed by atoms with Crippen LogP contribution in [0.15, 0.2) is 0 Å². The number of rotatable bonds is 6. The zero-order valence-electron chi connectivity index (χ0n) is 7.02. The molecule has 0 heterocycles. The highest BCUT2D eigenvalue weighted by Crippen LogP contribution is 1.92. The summed E-state index contributed by atoms with van der Waals surface area (Å²) in [5.41, 5.74) is 0. The van der Waals surface area contributed by atoms with Crippen LogP contribution in [0.1, 0.15) is 13.8 Å². The van der Waals surface area contributed by atoms with E-state index in [0.717, 1.165) is 0 Å². The summed E-state index contributed by atoms with van der Waals surface area (Å²) in [5.74, 6) is 4.39. The Morgan fingerprint density at radius 3 is 2.33 bits per heavy atom. The fourth-order valence-corrected chi connectivity index (χ4v) is 0.775. The lowest BCUT2D eigenvalue weighted by atomic mass is 10.5. The van der Waals surface area contributed by atoms with Gasteiger partial charge in [-0.1, -0.05) is 0 Å². The second kappa shape index (κ2) is 5.44.